The minimum Gasteiger partial charge on any atom is -0.479 e. The third kappa shape index (κ3) is 3.33. The van der Waals surface area contributed by atoms with E-state index in [1.165, 1.54) is 7.11 Å². The molecule has 5 nitrogen and oxygen atoms in total. The highest BCUT2D eigenvalue weighted by molar-refractivity contribution is 9.10. The number of carbonyl (C=O) groups is 1. The SMILES string of the molecule is COc1nc(NC2CCc3c(Br)cccc32)c(C(F)(F)F)nc1C=O. The van der Waals surface area contributed by atoms with Crippen molar-refractivity contribution in [3.63, 3.8) is 0 Å². The summed E-state index contributed by atoms with van der Waals surface area (Å²) in [4.78, 5) is 18.2. The minimum atomic E-state index is -4.75. The fourth-order valence-electron chi connectivity index (χ4n) is 2.88. The van der Waals surface area contributed by atoms with Gasteiger partial charge in [-0.15, -0.1) is 0 Å². The molecular formula is C16H13BrF3N3O2. The molecule has 0 saturated heterocycles. The molecule has 1 N–H and O–H groups in total. The van der Waals surface area contributed by atoms with Crippen molar-refractivity contribution in [3.05, 3.63) is 45.2 Å². The number of nitrogens with one attached hydrogen (secondary N) is 1. The number of fused-ring (bicyclic) bond motifs is 1. The summed E-state index contributed by atoms with van der Waals surface area (Å²) < 4.78 is 45.8. The van der Waals surface area contributed by atoms with Crippen molar-refractivity contribution in [2.75, 3.05) is 12.4 Å². The third-order valence-electron chi connectivity index (χ3n) is 3.99. The van der Waals surface area contributed by atoms with Crippen LogP contribution in [0.1, 0.15) is 39.8 Å². The van der Waals surface area contributed by atoms with Crippen molar-refractivity contribution >= 4 is 28.0 Å². The second-order valence-corrected chi connectivity index (χ2v) is 6.33. The largest absolute Gasteiger partial charge is 0.479 e. The molecule has 0 radical (unpaired) electrons. The van der Waals surface area contributed by atoms with Crippen LogP contribution >= 0.6 is 15.9 Å². The normalized spacial score (nSPS) is 16.4. The number of anilines is 1. The molecule has 0 aliphatic heterocycles. The van der Waals surface area contributed by atoms with E-state index in [1.807, 2.05) is 18.2 Å². The van der Waals surface area contributed by atoms with E-state index in [4.69, 9.17) is 4.74 Å². The number of nitrogens with zero attached hydrogens (tertiary/aromatic N) is 2. The molecule has 2 aromatic rings. The number of hydrogen-bond donors (Lipinski definition) is 1. The molecule has 0 spiro atoms. The Labute approximate surface area is 149 Å². The van der Waals surface area contributed by atoms with E-state index in [9.17, 15) is 18.0 Å². The number of hydrogen-bond acceptors (Lipinski definition) is 5. The number of benzene rings is 1. The monoisotopic (exact) mass is 415 g/mol. The van der Waals surface area contributed by atoms with E-state index < -0.39 is 23.4 Å². The average molecular weight is 416 g/mol. The van der Waals surface area contributed by atoms with Gasteiger partial charge in [0, 0.05) is 4.47 Å². The Bertz CT molecular complexity index is 827. The lowest BCUT2D eigenvalue weighted by Crippen LogP contribution is -2.19. The van der Waals surface area contributed by atoms with E-state index in [2.05, 4.69) is 31.2 Å². The second-order valence-electron chi connectivity index (χ2n) is 5.47. The molecule has 1 heterocycles. The van der Waals surface area contributed by atoms with Crippen LogP contribution in [-0.2, 0) is 12.6 Å². The van der Waals surface area contributed by atoms with E-state index in [0.717, 1.165) is 22.0 Å². The van der Waals surface area contributed by atoms with Gasteiger partial charge in [0.15, 0.2) is 23.5 Å². The summed E-state index contributed by atoms with van der Waals surface area (Å²) >= 11 is 3.45. The van der Waals surface area contributed by atoms with Gasteiger partial charge in [0.25, 0.3) is 0 Å². The number of rotatable bonds is 4. The molecule has 0 saturated carbocycles. The number of ether oxygens (including phenoxy) is 1. The molecule has 1 aromatic carbocycles. The first kappa shape index (κ1) is 17.7. The Morgan fingerprint density at radius 1 is 1.36 bits per heavy atom. The minimum absolute atomic E-state index is 0.187. The van der Waals surface area contributed by atoms with Crippen molar-refractivity contribution in [3.8, 4) is 5.88 Å². The first-order valence-corrected chi connectivity index (χ1v) is 8.16. The Balaban J connectivity index is 2.03. The van der Waals surface area contributed by atoms with Gasteiger partial charge >= 0.3 is 6.18 Å². The summed E-state index contributed by atoms with van der Waals surface area (Å²) in [6.45, 7) is 0. The van der Waals surface area contributed by atoms with Crippen LogP contribution in [-0.4, -0.2) is 23.4 Å². The van der Waals surface area contributed by atoms with Gasteiger partial charge in [-0.3, -0.25) is 4.79 Å². The topological polar surface area (TPSA) is 64.1 Å². The van der Waals surface area contributed by atoms with Crippen LogP contribution in [0.4, 0.5) is 19.0 Å². The number of carbonyl (C=O) groups excluding carboxylic acids is 1. The van der Waals surface area contributed by atoms with Crippen molar-refractivity contribution in [2.24, 2.45) is 0 Å². The molecule has 9 heteroatoms. The number of aromatic nitrogens is 2. The lowest BCUT2D eigenvalue weighted by molar-refractivity contribution is -0.140. The highest BCUT2D eigenvalue weighted by Crippen LogP contribution is 2.40. The quantitative estimate of drug-likeness (QED) is 0.758. The standard InChI is InChI=1S/C16H13BrF3N3O2/c1-25-15-12(7-24)21-13(16(18,19)20)14(23-15)22-11-6-5-8-9(11)3-2-4-10(8)17/h2-4,7,11H,5-6H2,1H3,(H,22,23). The molecule has 0 amide bonds. The predicted octanol–water partition coefficient (Wildman–Crippen LogP) is 4.18. The van der Waals surface area contributed by atoms with Gasteiger partial charge in [-0.2, -0.15) is 18.2 Å². The van der Waals surface area contributed by atoms with Crippen LogP contribution in [0.25, 0.3) is 0 Å². The smallest absolute Gasteiger partial charge is 0.437 e. The van der Waals surface area contributed by atoms with Gasteiger partial charge in [0.1, 0.15) is 0 Å². The Morgan fingerprint density at radius 3 is 2.76 bits per heavy atom. The van der Waals surface area contributed by atoms with Crippen LogP contribution in [0, 0.1) is 0 Å². The number of aldehydes is 1. The van der Waals surface area contributed by atoms with Gasteiger partial charge in [-0.25, -0.2) is 4.98 Å². The summed E-state index contributed by atoms with van der Waals surface area (Å²) in [6, 6.07) is 5.25. The maximum atomic E-state index is 13.3. The summed E-state index contributed by atoms with van der Waals surface area (Å²) in [5, 5.41) is 2.82. The summed E-state index contributed by atoms with van der Waals surface area (Å²) in [6.07, 6.45) is -3.22. The molecule has 25 heavy (non-hydrogen) atoms. The Kier molecular flexibility index (Phi) is 4.68. The van der Waals surface area contributed by atoms with Crippen molar-refractivity contribution in [1.82, 2.24) is 9.97 Å². The maximum absolute atomic E-state index is 13.3. The molecule has 0 bridgehead atoms. The molecule has 1 aromatic heterocycles. The second kappa shape index (κ2) is 6.62. The zero-order valence-electron chi connectivity index (χ0n) is 13.0. The van der Waals surface area contributed by atoms with Crippen LogP contribution in [0.2, 0.25) is 0 Å². The van der Waals surface area contributed by atoms with E-state index in [-0.39, 0.29) is 18.2 Å². The van der Waals surface area contributed by atoms with Gasteiger partial charge < -0.3 is 10.1 Å². The van der Waals surface area contributed by atoms with Crippen LogP contribution in [0.15, 0.2) is 22.7 Å². The zero-order chi connectivity index (χ0) is 18.2. The van der Waals surface area contributed by atoms with Crippen molar-refractivity contribution < 1.29 is 22.7 Å². The highest BCUT2D eigenvalue weighted by atomic mass is 79.9. The van der Waals surface area contributed by atoms with E-state index in [1.54, 1.807) is 0 Å². The summed E-state index contributed by atoms with van der Waals surface area (Å²) in [5.41, 5.74) is 0.231. The third-order valence-corrected chi connectivity index (χ3v) is 4.73. The molecule has 1 aliphatic carbocycles. The average Bonchev–Trinajstić information content (AvgIpc) is 2.98. The number of methoxy groups -OCH3 is 1. The van der Waals surface area contributed by atoms with Crippen LogP contribution in [0.5, 0.6) is 5.88 Å². The zero-order valence-corrected chi connectivity index (χ0v) is 14.6. The van der Waals surface area contributed by atoms with Gasteiger partial charge in [-0.1, -0.05) is 28.1 Å². The Hall–Kier alpha value is -2.16. The van der Waals surface area contributed by atoms with Crippen LogP contribution < -0.4 is 10.1 Å². The molecule has 0 fully saturated rings. The van der Waals surface area contributed by atoms with Gasteiger partial charge in [-0.05, 0) is 30.0 Å². The lowest BCUT2D eigenvalue weighted by Gasteiger charge is -2.19. The first-order valence-electron chi connectivity index (χ1n) is 7.37. The lowest BCUT2D eigenvalue weighted by atomic mass is 10.1. The number of halogens is 4. The molecule has 1 atom stereocenters. The van der Waals surface area contributed by atoms with Gasteiger partial charge in [0.05, 0.1) is 13.2 Å². The molecule has 132 valence electrons. The van der Waals surface area contributed by atoms with Gasteiger partial charge in [0.2, 0.25) is 5.88 Å². The predicted molar refractivity (Wildman–Crippen MR) is 87.8 cm³/mol. The molecule has 1 aliphatic rings. The van der Waals surface area contributed by atoms with E-state index >= 15 is 0 Å². The Morgan fingerprint density at radius 2 is 2.12 bits per heavy atom. The molecular weight excluding hydrogens is 403 g/mol. The van der Waals surface area contributed by atoms with E-state index in [0.29, 0.717) is 6.42 Å². The fraction of sp³-hybridized carbons (Fsp3) is 0.312. The fourth-order valence-corrected chi connectivity index (χ4v) is 3.46. The first-order chi connectivity index (χ1) is 11.8. The summed E-state index contributed by atoms with van der Waals surface area (Å²) in [5.74, 6) is -0.703. The maximum Gasteiger partial charge on any atom is 0.437 e. The van der Waals surface area contributed by atoms with Crippen molar-refractivity contribution in [1.29, 1.82) is 0 Å². The number of alkyl halides is 3. The molecule has 3 rings (SSSR count). The highest BCUT2D eigenvalue weighted by Gasteiger charge is 2.39. The summed E-state index contributed by atoms with van der Waals surface area (Å²) in [7, 11) is 1.22. The van der Waals surface area contributed by atoms with Crippen LogP contribution in [0.3, 0.4) is 0 Å². The molecule has 1 unspecified atom stereocenters. The van der Waals surface area contributed by atoms with Crippen molar-refractivity contribution in [2.45, 2.75) is 25.1 Å².